The van der Waals surface area contributed by atoms with Crippen molar-refractivity contribution < 1.29 is 4.57 Å². The average Bonchev–Trinajstić information content (AvgIpc) is 2.72. The van der Waals surface area contributed by atoms with Gasteiger partial charge in [-0.2, -0.15) is 0 Å². The predicted octanol–water partition coefficient (Wildman–Crippen LogP) is 3.28. The van der Waals surface area contributed by atoms with Crippen LogP contribution in [0.3, 0.4) is 0 Å². The third kappa shape index (κ3) is 2.34. The molecule has 0 unspecified atom stereocenters. The Morgan fingerprint density at radius 1 is 1.06 bits per heavy atom. The highest BCUT2D eigenvalue weighted by molar-refractivity contribution is 14.0. The number of benzene rings is 1. The topological polar surface area (TPSA) is 19.7 Å². The zero-order valence-corrected chi connectivity index (χ0v) is 11.9. The highest BCUT2D eigenvalue weighted by Crippen LogP contribution is 2.22. The quantitative estimate of drug-likeness (QED) is 0.519. The van der Waals surface area contributed by atoms with Gasteiger partial charge in [0.2, 0.25) is 0 Å². The van der Waals surface area contributed by atoms with Crippen LogP contribution in [0.15, 0.2) is 54.9 Å². The number of fused-ring (bicyclic) bond motifs is 1. The van der Waals surface area contributed by atoms with Crippen LogP contribution in [0.2, 0.25) is 0 Å². The van der Waals surface area contributed by atoms with Gasteiger partial charge in [-0.1, -0.05) is 18.2 Å². The Morgan fingerprint density at radius 2 is 1.88 bits per heavy atom. The molecule has 2 aromatic heterocycles. The monoisotopic (exact) mass is 337 g/mol. The Labute approximate surface area is 117 Å². The second-order valence-corrected chi connectivity index (χ2v) is 4.03. The van der Waals surface area contributed by atoms with E-state index in [4.69, 9.17) is 0 Å². The SMILES string of the molecule is C[n+]1cccc(-c2cc3ccccc3[nH]2)c1.I. The van der Waals surface area contributed by atoms with E-state index in [1.165, 1.54) is 16.5 Å². The van der Waals surface area contributed by atoms with Crippen LogP contribution < -0.4 is 4.57 Å². The predicted molar refractivity (Wildman–Crippen MR) is 80.3 cm³/mol. The van der Waals surface area contributed by atoms with Crippen molar-refractivity contribution in [1.29, 1.82) is 0 Å². The molecule has 0 fully saturated rings. The van der Waals surface area contributed by atoms with Gasteiger partial charge in [0.15, 0.2) is 12.4 Å². The molecule has 0 bridgehead atoms. The maximum atomic E-state index is 3.43. The van der Waals surface area contributed by atoms with E-state index >= 15 is 0 Å². The zero-order chi connectivity index (χ0) is 11.0. The molecular weight excluding hydrogens is 323 g/mol. The number of nitrogens with one attached hydrogen (secondary N) is 1. The molecule has 3 rings (SSSR count). The van der Waals surface area contributed by atoms with Crippen LogP contribution in [0.1, 0.15) is 0 Å². The molecular formula is C14H14IN2+. The molecule has 0 amide bonds. The van der Waals surface area contributed by atoms with Crippen molar-refractivity contribution in [3.8, 4) is 11.3 Å². The minimum atomic E-state index is 0. The number of pyridine rings is 1. The number of aryl methyl sites for hydroxylation is 1. The number of hydrogen-bond donors (Lipinski definition) is 1. The molecule has 0 saturated carbocycles. The number of hydrogen-bond acceptors (Lipinski definition) is 0. The van der Waals surface area contributed by atoms with Crippen LogP contribution >= 0.6 is 24.0 Å². The average molecular weight is 337 g/mol. The van der Waals surface area contributed by atoms with Crippen LogP contribution in [-0.4, -0.2) is 4.98 Å². The van der Waals surface area contributed by atoms with E-state index < -0.39 is 0 Å². The molecule has 1 aromatic carbocycles. The van der Waals surface area contributed by atoms with Gasteiger partial charge in [0.25, 0.3) is 0 Å². The maximum Gasteiger partial charge on any atom is 0.177 e. The number of para-hydroxylation sites is 1. The fourth-order valence-corrected chi connectivity index (χ4v) is 1.98. The first-order valence-electron chi connectivity index (χ1n) is 5.36. The number of aromatic nitrogens is 2. The lowest BCUT2D eigenvalue weighted by Crippen LogP contribution is -2.26. The molecule has 0 aliphatic heterocycles. The largest absolute Gasteiger partial charge is 0.354 e. The molecule has 0 aliphatic rings. The second-order valence-electron chi connectivity index (χ2n) is 4.03. The highest BCUT2D eigenvalue weighted by Gasteiger charge is 2.05. The summed E-state index contributed by atoms with van der Waals surface area (Å²) in [5.74, 6) is 0. The van der Waals surface area contributed by atoms with Crippen LogP contribution in [0.5, 0.6) is 0 Å². The molecule has 17 heavy (non-hydrogen) atoms. The maximum absolute atomic E-state index is 3.43. The van der Waals surface area contributed by atoms with Gasteiger partial charge in [-0.3, -0.25) is 0 Å². The van der Waals surface area contributed by atoms with Crippen LogP contribution in [0, 0.1) is 0 Å². The number of aromatic amines is 1. The first-order chi connectivity index (χ1) is 7.83. The summed E-state index contributed by atoms with van der Waals surface area (Å²) in [7, 11) is 2.03. The molecule has 0 atom stereocenters. The van der Waals surface area contributed by atoms with Crippen LogP contribution in [0.25, 0.3) is 22.2 Å². The smallest absolute Gasteiger partial charge is 0.177 e. The lowest BCUT2D eigenvalue weighted by Gasteiger charge is -1.94. The van der Waals surface area contributed by atoms with E-state index in [-0.39, 0.29) is 24.0 Å². The molecule has 2 nitrogen and oxygen atoms in total. The highest BCUT2D eigenvalue weighted by atomic mass is 127. The van der Waals surface area contributed by atoms with Gasteiger partial charge in [-0.15, -0.1) is 24.0 Å². The first-order valence-corrected chi connectivity index (χ1v) is 5.36. The molecule has 1 N–H and O–H groups in total. The van der Waals surface area contributed by atoms with Gasteiger partial charge in [0, 0.05) is 17.0 Å². The van der Waals surface area contributed by atoms with Gasteiger partial charge in [-0.25, -0.2) is 4.57 Å². The molecule has 0 radical (unpaired) electrons. The fraction of sp³-hybridized carbons (Fsp3) is 0.0714. The summed E-state index contributed by atoms with van der Waals surface area (Å²) in [5.41, 5.74) is 3.56. The van der Waals surface area contributed by atoms with Crippen molar-refractivity contribution in [1.82, 2.24) is 4.98 Å². The van der Waals surface area contributed by atoms with E-state index in [1.54, 1.807) is 0 Å². The third-order valence-corrected chi connectivity index (χ3v) is 2.78. The van der Waals surface area contributed by atoms with E-state index in [0.717, 1.165) is 5.69 Å². The Kier molecular flexibility index (Phi) is 3.47. The van der Waals surface area contributed by atoms with Crippen LogP contribution in [-0.2, 0) is 7.05 Å². The third-order valence-electron chi connectivity index (χ3n) is 2.78. The molecule has 2 heterocycles. The summed E-state index contributed by atoms with van der Waals surface area (Å²) >= 11 is 0. The Balaban J connectivity index is 0.00000108. The van der Waals surface area contributed by atoms with Crippen molar-refractivity contribution in [2.75, 3.05) is 0 Å². The zero-order valence-electron chi connectivity index (χ0n) is 9.55. The fourth-order valence-electron chi connectivity index (χ4n) is 1.98. The number of halogens is 1. The molecule has 86 valence electrons. The molecule has 3 aromatic rings. The summed E-state index contributed by atoms with van der Waals surface area (Å²) < 4.78 is 2.06. The van der Waals surface area contributed by atoms with Gasteiger partial charge in [0.05, 0.1) is 11.3 Å². The van der Waals surface area contributed by atoms with E-state index in [0.29, 0.717) is 0 Å². The van der Waals surface area contributed by atoms with Crippen molar-refractivity contribution in [2.24, 2.45) is 7.05 Å². The lowest BCUT2D eigenvalue weighted by molar-refractivity contribution is -0.671. The number of rotatable bonds is 1. The lowest BCUT2D eigenvalue weighted by atomic mass is 10.2. The minimum Gasteiger partial charge on any atom is -0.354 e. The summed E-state index contributed by atoms with van der Waals surface area (Å²) in [6.07, 6.45) is 4.15. The standard InChI is InChI=1S/C14H13N2.HI/c1-16-8-4-6-12(10-16)14-9-11-5-2-3-7-13(11)15-14;/h2-10,15H,1H3;1H/q+1;. The molecule has 3 heteroatoms. The molecule has 0 aliphatic carbocycles. The van der Waals surface area contributed by atoms with E-state index in [9.17, 15) is 0 Å². The Morgan fingerprint density at radius 3 is 2.65 bits per heavy atom. The van der Waals surface area contributed by atoms with E-state index in [2.05, 4.69) is 52.1 Å². The summed E-state index contributed by atoms with van der Waals surface area (Å²) in [5, 5.41) is 1.25. The molecule has 0 saturated heterocycles. The molecule has 0 spiro atoms. The minimum absolute atomic E-state index is 0. The summed E-state index contributed by atoms with van der Waals surface area (Å²) in [6, 6.07) is 14.7. The Bertz CT molecular complexity index is 610. The normalized spacial score (nSPS) is 10.2. The van der Waals surface area contributed by atoms with Crippen molar-refractivity contribution in [3.05, 3.63) is 54.9 Å². The number of H-pyrrole nitrogens is 1. The first kappa shape index (κ1) is 12.1. The van der Waals surface area contributed by atoms with Crippen molar-refractivity contribution in [3.63, 3.8) is 0 Å². The Hall–Kier alpha value is -1.36. The van der Waals surface area contributed by atoms with Crippen molar-refractivity contribution >= 4 is 34.9 Å². The van der Waals surface area contributed by atoms with Gasteiger partial charge in [0.1, 0.15) is 7.05 Å². The summed E-state index contributed by atoms with van der Waals surface area (Å²) in [6.45, 7) is 0. The van der Waals surface area contributed by atoms with Gasteiger partial charge in [-0.05, 0) is 18.2 Å². The van der Waals surface area contributed by atoms with Gasteiger partial charge < -0.3 is 4.98 Å². The second kappa shape index (κ2) is 4.87. The van der Waals surface area contributed by atoms with E-state index in [1.807, 2.05) is 19.3 Å². The van der Waals surface area contributed by atoms with Crippen molar-refractivity contribution in [2.45, 2.75) is 0 Å². The summed E-state index contributed by atoms with van der Waals surface area (Å²) in [4.78, 5) is 3.43. The number of nitrogens with zero attached hydrogens (tertiary/aromatic N) is 1. The van der Waals surface area contributed by atoms with Gasteiger partial charge >= 0.3 is 0 Å². The van der Waals surface area contributed by atoms with Crippen LogP contribution in [0.4, 0.5) is 0 Å².